The Bertz CT molecular complexity index is 194. The molecule has 0 aromatic heterocycles. The fourth-order valence-corrected chi connectivity index (χ4v) is 1.66. The Morgan fingerprint density at radius 3 is 2.40 bits per heavy atom. The van der Waals surface area contributed by atoms with Crippen LogP contribution in [0.4, 0.5) is 0 Å². The Kier molecular flexibility index (Phi) is 1.77. The molecule has 1 aliphatic rings. The van der Waals surface area contributed by atoms with Crippen molar-refractivity contribution < 1.29 is 9.53 Å². The summed E-state index contributed by atoms with van der Waals surface area (Å²) in [6, 6.07) is 0. The Morgan fingerprint density at radius 1 is 1.60 bits per heavy atom. The molecule has 0 spiro atoms. The summed E-state index contributed by atoms with van der Waals surface area (Å²) in [6.45, 7) is 3.78. The molecule has 2 nitrogen and oxygen atoms in total. The van der Waals surface area contributed by atoms with Crippen LogP contribution in [0.2, 0.25) is 0 Å². The van der Waals surface area contributed by atoms with E-state index in [2.05, 4.69) is 0 Å². The zero-order valence-corrected chi connectivity index (χ0v) is 7.12. The summed E-state index contributed by atoms with van der Waals surface area (Å²) in [6.07, 6.45) is 3.49. The standard InChI is InChI=1S/C7H10O2S/c1-7(2)5(10-3)4-6(8)9-7/h4H,1-3H3. The van der Waals surface area contributed by atoms with Crippen molar-refractivity contribution in [2.45, 2.75) is 19.4 Å². The fraction of sp³-hybridized carbons (Fsp3) is 0.571. The van der Waals surface area contributed by atoms with Crippen molar-refractivity contribution in [1.82, 2.24) is 0 Å². The molecule has 0 atom stereocenters. The van der Waals surface area contributed by atoms with Crippen molar-refractivity contribution in [3.05, 3.63) is 11.0 Å². The molecule has 0 N–H and O–H groups in total. The largest absolute Gasteiger partial charge is 0.451 e. The maximum absolute atomic E-state index is 10.7. The second-order valence-electron chi connectivity index (χ2n) is 2.64. The molecule has 1 heterocycles. The van der Waals surface area contributed by atoms with Gasteiger partial charge in [-0.05, 0) is 20.1 Å². The van der Waals surface area contributed by atoms with Gasteiger partial charge in [0.1, 0.15) is 5.60 Å². The molecule has 10 heavy (non-hydrogen) atoms. The molecular formula is C7H10O2S. The lowest BCUT2D eigenvalue weighted by Crippen LogP contribution is -2.21. The van der Waals surface area contributed by atoms with Crippen LogP contribution in [0.1, 0.15) is 13.8 Å². The highest BCUT2D eigenvalue weighted by atomic mass is 32.2. The van der Waals surface area contributed by atoms with Crippen LogP contribution in [0.25, 0.3) is 0 Å². The quantitative estimate of drug-likeness (QED) is 0.542. The molecule has 3 heteroatoms. The number of carbonyl (C=O) groups excluding carboxylic acids is 1. The van der Waals surface area contributed by atoms with Crippen molar-refractivity contribution in [2.24, 2.45) is 0 Å². The van der Waals surface area contributed by atoms with E-state index in [1.807, 2.05) is 20.1 Å². The zero-order chi connectivity index (χ0) is 7.78. The lowest BCUT2D eigenvalue weighted by atomic mass is 10.1. The van der Waals surface area contributed by atoms with Gasteiger partial charge in [-0.3, -0.25) is 0 Å². The van der Waals surface area contributed by atoms with E-state index < -0.39 is 5.60 Å². The molecule has 0 fully saturated rings. The van der Waals surface area contributed by atoms with Gasteiger partial charge in [0.05, 0.1) is 0 Å². The highest BCUT2D eigenvalue weighted by Crippen LogP contribution is 2.33. The van der Waals surface area contributed by atoms with Gasteiger partial charge >= 0.3 is 5.97 Å². The first-order valence-corrected chi connectivity index (χ1v) is 4.28. The lowest BCUT2D eigenvalue weighted by molar-refractivity contribution is -0.143. The molecule has 0 radical (unpaired) electrons. The van der Waals surface area contributed by atoms with E-state index >= 15 is 0 Å². The number of hydrogen-bond acceptors (Lipinski definition) is 3. The molecule has 0 saturated carbocycles. The van der Waals surface area contributed by atoms with Crippen molar-refractivity contribution >= 4 is 17.7 Å². The molecule has 0 bridgehead atoms. The molecule has 56 valence electrons. The summed E-state index contributed by atoms with van der Waals surface area (Å²) >= 11 is 1.56. The van der Waals surface area contributed by atoms with Gasteiger partial charge in [0.15, 0.2) is 0 Å². The summed E-state index contributed by atoms with van der Waals surface area (Å²) in [5.74, 6) is -0.227. The number of hydrogen-bond donors (Lipinski definition) is 0. The monoisotopic (exact) mass is 158 g/mol. The van der Waals surface area contributed by atoms with Gasteiger partial charge in [0.25, 0.3) is 0 Å². The van der Waals surface area contributed by atoms with Crippen LogP contribution in [0.3, 0.4) is 0 Å². The number of carbonyl (C=O) groups is 1. The molecule has 0 aliphatic carbocycles. The van der Waals surface area contributed by atoms with Crippen LogP contribution >= 0.6 is 11.8 Å². The van der Waals surface area contributed by atoms with Crippen molar-refractivity contribution in [3.8, 4) is 0 Å². The first kappa shape index (κ1) is 7.66. The third kappa shape index (κ3) is 1.19. The summed E-state index contributed by atoms with van der Waals surface area (Å²) in [7, 11) is 0. The van der Waals surface area contributed by atoms with E-state index in [1.54, 1.807) is 17.8 Å². The third-order valence-corrected chi connectivity index (χ3v) is 2.47. The van der Waals surface area contributed by atoms with Gasteiger partial charge in [-0.25, -0.2) is 4.79 Å². The van der Waals surface area contributed by atoms with E-state index in [9.17, 15) is 4.79 Å². The van der Waals surface area contributed by atoms with Gasteiger partial charge in [-0.1, -0.05) is 0 Å². The smallest absolute Gasteiger partial charge is 0.332 e. The van der Waals surface area contributed by atoms with Crippen LogP contribution in [-0.2, 0) is 9.53 Å². The number of ether oxygens (including phenoxy) is 1. The van der Waals surface area contributed by atoms with E-state index in [0.29, 0.717) is 0 Å². The van der Waals surface area contributed by atoms with Gasteiger partial charge in [-0.2, -0.15) is 0 Å². The second-order valence-corrected chi connectivity index (χ2v) is 3.49. The minimum Gasteiger partial charge on any atom is -0.451 e. The minimum absolute atomic E-state index is 0.227. The van der Waals surface area contributed by atoms with Crippen LogP contribution < -0.4 is 0 Å². The summed E-state index contributed by atoms with van der Waals surface area (Å²) in [5.41, 5.74) is -0.392. The Morgan fingerprint density at radius 2 is 2.20 bits per heavy atom. The highest BCUT2D eigenvalue weighted by molar-refractivity contribution is 8.02. The molecule has 0 amide bonds. The predicted molar refractivity (Wildman–Crippen MR) is 41.8 cm³/mol. The van der Waals surface area contributed by atoms with Crippen LogP contribution in [0.5, 0.6) is 0 Å². The van der Waals surface area contributed by atoms with Gasteiger partial charge in [0.2, 0.25) is 0 Å². The SMILES string of the molecule is CSC1=CC(=O)OC1(C)C. The number of thioether (sulfide) groups is 1. The number of esters is 1. The van der Waals surface area contributed by atoms with Crippen LogP contribution in [0.15, 0.2) is 11.0 Å². The summed E-state index contributed by atoms with van der Waals surface area (Å²) < 4.78 is 5.00. The van der Waals surface area contributed by atoms with E-state index in [1.165, 1.54) is 0 Å². The number of cyclic esters (lactones) is 1. The Labute approximate surface area is 64.6 Å². The van der Waals surface area contributed by atoms with Crippen molar-refractivity contribution in [2.75, 3.05) is 6.26 Å². The molecular weight excluding hydrogens is 148 g/mol. The third-order valence-electron chi connectivity index (χ3n) is 1.42. The van der Waals surface area contributed by atoms with Crippen molar-refractivity contribution in [3.63, 3.8) is 0 Å². The lowest BCUT2D eigenvalue weighted by Gasteiger charge is -2.19. The highest BCUT2D eigenvalue weighted by Gasteiger charge is 2.33. The van der Waals surface area contributed by atoms with E-state index in [-0.39, 0.29) is 5.97 Å². The first-order valence-electron chi connectivity index (χ1n) is 3.05. The topological polar surface area (TPSA) is 26.3 Å². The van der Waals surface area contributed by atoms with E-state index in [4.69, 9.17) is 4.74 Å². The number of rotatable bonds is 1. The van der Waals surface area contributed by atoms with Gasteiger partial charge in [-0.15, -0.1) is 11.8 Å². The second kappa shape index (κ2) is 2.31. The Balaban J connectivity index is 2.86. The maximum Gasteiger partial charge on any atom is 0.332 e. The maximum atomic E-state index is 10.7. The van der Waals surface area contributed by atoms with Gasteiger partial charge < -0.3 is 4.74 Å². The fourth-order valence-electron chi connectivity index (χ4n) is 0.917. The average molecular weight is 158 g/mol. The van der Waals surface area contributed by atoms with Gasteiger partial charge in [0, 0.05) is 11.0 Å². The summed E-state index contributed by atoms with van der Waals surface area (Å²) in [4.78, 5) is 11.7. The molecule has 1 aliphatic heterocycles. The Hall–Kier alpha value is -0.440. The normalized spacial score (nSPS) is 22.3. The van der Waals surface area contributed by atoms with E-state index in [0.717, 1.165) is 4.91 Å². The van der Waals surface area contributed by atoms with Crippen molar-refractivity contribution in [1.29, 1.82) is 0 Å². The predicted octanol–water partition coefficient (Wildman–Crippen LogP) is 1.57. The zero-order valence-electron chi connectivity index (χ0n) is 6.30. The molecule has 0 aromatic carbocycles. The van der Waals surface area contributed by atoms with Crippen LogP contribution in [-0.4, -0.2) is 17.8 Å². The van der Waals surface area contributed by atoms with Crippen LogP contribution in [0, 0.1) is 0 Å². The minimum atomic E-state index is -0.392. The molecule has 0 aromatic rings. The average Bonchev–Trinajstić information content (AvgIpc) is 2.04. The molecule has 0 saturated heterocycles. The molecule has 1 rings (SSSR count). The summed E-state index contributed by atoms with van der Waals surface area (Å²) in [5, 5.41) is 0. The molecule has 0 unspecified atom stereocenters. The first-order chi connectivity index (χ1) is 4.56.